The van der Waals surface area contributed by atoms with Crippen LogP contribution in [0, 0.1) is 5.92 Å². The van der Waals surface area contributed by atoms with Crippen molar-refractivity contribution in [1.82, 2.24) is 10.3 Å². The first kappa shape index (κ1) is 14.5. The van der Waals surface area contributed by atoms with Crippen molar-refractivity contribution >= 4 is 23.1 Å². The minimum absolute atomic E-state index is 0.0899. The van der Waals surface area contributed by atoms with E-state index in [2.05, 4.69) is 20.9 Å². The Morgan fingerprint density at radius 2 is 1.82 bits per heavy atom. The zero-order chi connectivity index (χ0) is 15.2. The Bertz CT molecular complexity index is 606. The molecule has 5 nitrogen and oxygen atoms in total. The maximum atomic E-state index is 12.2. The Balaban J connectivity index is 1.58. The van der Waals surface area contributed by atoms with Crippen molar-refractivity contribution in [2.75, 3.05) is 23.7 Å². The number of aromatic nitrogens is 1. The third kappa shape index (κ3) is 3.83. The molecule has 1 amide bonds. The number of benzene rings is 1. The Morgan fingerprint density at radius 1 is 1.05 bits per heavy atom. The standard InChI is InChI=1S/C17H20N4O/c22-17(13-8-10-18-11-9-13)21-15-6-7-16(19-12-15)20-14-4-2-1-3-5-14/h1-7,12-13,18H,8-11H2,(H,19,20)(H,21,22). The van der Waals surface area contributed by atoms with E-state index in [1.165, 1.54) is 0 Å². The van der Waals surface area contributed by atoms with Gasteiger partial charge in [-0.05, 0) is 50.2 Å². The van der Waals surface area contributed by atoms with E-state index in [9.17, 15) is 4.79 Å². The molecule has 0 atom stereocenters. The van der Waals surface area contributed by atoms with Gasteiger partial charge in [-0.2, -0.15) is 0 Å². The number of carbonyl (C=O) groups is 1. The molecule has 1 aliphatic rings. The van der Waals surface area contributed by atoms with Crippen LogP contribution in [0.1, 0.15) is 12.8 Å². The van der Waals surface area contributed by atoms with Crippen molar-refractivity contribution in [3.8, 4) is 0 Å². The van der Waals surface area contributed by atoms with Crippen molar-refractivity contribution in [2.45, 2.75) is 12.8 Å². The molecule has 0 bridgehead atoms. The maximum absolute atomic E-state index is 12.2. The highest BCUT2D eigenvalue weighted by atomic mass is 16.1. The van der Waals surface area contributed by atoms with E-state index in [0.717, 1.165) is 43.1 Å². The zero-order valence-corrected chi connectivity index (χ0v) is 12.4. The summed E-state index contributed by atoms with van der Waals surface area (Å²) >= 11 is 0. The van der Waals surface area contributed by atoms with Crippen molar-refractivity contribution in [3.63, 3.8) is 0 Å². The second-order valence-corrected chi connectivity index (χ2v) is 5.44. The number of nitrogens with zero attached hydrogens (tertiary/aromatic N) is 1. The Kier molecular flexibility index (Phi) is 4.65. The monoisotopic (exact) mass is 296 g/mol. The molecular formula is C17H20N4O. The van der Waals surface area contributed by atoms with Crippen LogP contribution in [-0.2, 0) is 4.79 Å². The molecule has 2 aromatic rings. The first-order valence-electron chi connectivity index (χ1n) is 7.61. The van der Waals surface area contributed by atoms with Crippen LogP contribution in [0.25, 0.3) is 0 Å². The van der Waals surface area contributed by atoms with Gasteiger partial charge >= 0.3 is 0 Å². The zero-order valence-electron chi connectivity index (χ0n) is 12.4. The van der Waals surface area contributed by atoms with Gasteiger partial charge in [-0.15, -0.1) is 0 Å². The lowest BCUT2D eigenvalue weighted by Gasteiger charge is -2.21. The largest absolute Gasteiger partial charge is 0.340 e. The first-order chi connectivity index (χ1) is 10.8. The molecule has 0 saturated carbocycles. The fraction of sp³-hybridized carbons (Fsp3) is 0.294. The number of para-hydroxylation sites is 1. The number of piperidine rings is 1. The van der Waals surface area contributed by atoms with Crippen LogP contribution in [0.3, 0.4) is 0 Å². The number of anilines is 3. The van der Waals surface area contributed by atoms with Gasteiger partial charge < -0.3 is 16.0 Å². The summed E-state index contributed by atoms with van der Waals surface area (Å²) in [5, 5.41) is 9.42. The third-order valence-electron chi connectivity index (χ3n) is 3.79. The molecule has 1 aliphatic heterocycles. The van der Waals surface area contributed by atoms with Gasteiger partial charge in [-0.25, -0.2) is 4.98 Å². The molecule has 0 unspecified atom stereocenters. The van der Waals surface area contributed by atoms with Crippen molar-refractivity contribution < 1.29 is 4.79 Å². The molecule has 114 valence electrons. The van der Waals surface area contributed by atoms with Gasteiger partial charge in [0.2, 0.25) is 5.91 Å². The Hall–Kier alpha value is -2.40. The highest BCUT2D eigenvalue weighted by Gasteiger charge is 2.20. The molecule has 22 heavy (non-hydrogen) atoms. The van der Waals surface area contributed by atoms with E-state index in [1.807, 2.05) is 42.5 Å². The van der Waals surface area contributed by atoms with E-state index in [-0.39, 0.29) is 11.8 Å². The summed E-state index contributed by atoms with van der Waals surface area (Å²) in [4.78, 5) is 16.5. The Morgan fingerprint density at radius 3 is 2.50 bits per heavy atom. The average molecular weight is 296 g/mol. The molecule has 1 aromatic heterocycles. The van der Waals surface area contributed by atoms with Gasteiger partial charge in [0.1, 0.15) is 5.82 Å². The van der Waals surface area contributed by atoms with Gasteiger partial charge in [0, 0.05) is 11.6 Å². The van der Waals surface area contributed by atoms with Crippen LogP contribution in [0.2, 0.25) is 0 Å². The number of amides is 1. The second-order valence-electron chi connectivity index (χ2n) is 5.44. The lowest BCUT2D eigenvalue weighted by molar-refractivity contribution is -0.120. The summed E-state index contributed by atoms with van der Waals surface area (Å²) in [5.41, 5.74) is 1.73. The molecule has 3 N–H and O–H groups in total. The van der Waals surface area contributed by atoms with Gasteiger partial charge in [-0.1, -0.05) is 18.2 Å². The highest BCUT2D eigenvalue weighted by molar-refractivity contribution is 5.92. The number of rotatable bonds is 4. The van der Waals surface area contributed by atoms with Crippen molar-refractivity contribution in [3.05, 3.63) is 48.7 Å². The maximum Gasteiger partial charge on any atom is 0.227 e. The second kappa shape index (κ2) is 7.04. The van der Waals surface area contributed by atoms with E-state index in [1.54, 1.807) is 6.20 Å². The molecular weight excluding hydrogens is 276 g/mol. The van der Waals surface area contributed by atoms with E-state index in [0.29, 0.717) is 0 Å². The predicted molar refractivity (Wildman–Crippen MR) is 88.2 cm³/mol. The van der Waals surface area contributed by atoms with Crippen molar-refractivity contribution in [2.24, 2.45) is 5.92 Å². The van der Waals surface area contributed by atoms with Gasteiger partial charge in [0.25, 0.3) is 0 Å². The number of hydrogen-bond acceptors (Lipinski definition) is 4. The molecule has 1 aromatic carbocycles. The van der Waals surface area contributed by atoms with E-state index >= 15 is 0 Å². The SMILES string of the molecule is O=C(Nc1ccc(Nc2ccccc2)nc1)C1CCNCC1. The van der Waals surface area contributed by atoms with Gasteiger partial charge in [0.15, 0.2) is 0 Å². The van der Waals surface area contributed by atoms with Gasteiger partial charge in [0.05, 0.1) is 11.9 Å². The molecule has 3 rings (SSSR count). The first-order valence-corrected chi connectivity index (χ1v) is 7.61. The van der Waals surface area contributed by atoms with Crippen LogP contribution in [-0.4, -0.2) is 24.0 Å². The number of nitrogens with one attached hydrogen (secondary N) is 3. The molecule has 5 heteroatoms. The molecule has 2 heterocycles. The minimum atomic E-state index is 0.0899. The molecule has 0 radical (unpaired) electrons. The summed E-state index contributed by atoms with van der Waals surface area (Å²) in [6.07, 6.45) is 3.48. The fourth-order valence-corrected chi connectivity index (χ4v) is 2.54. The normalized spacial score (nSPS) is 15.3. The molecule has 0 aliphatic carbocycles. The quantitative estimate of drug-likeness (QED) is 0.811. The number of carbonyl (C=O) groups excluding carboxylic acids is 1. The predicted octanol–water partition coefficient (Wildman–Crippen LogP) is 2.76. The van der Waals surface area contributed by atoms with Gasteiger partial charge in [-0.3, -0.25) is 4.79 Å². The number of hydrogen-bond donors (Lipinski definition) is 3. The summed E-state index contributed by atoms with van der Waals surface area (Å²) in [6, 6.07) is 13.6. The van der Waals surface area contributed by atoms with Crippen molar-refractivity contribution in [1.29, 1.82) is 0 Å². The summed E-state index contributed by atoms with van der Waals surface area (Å²) in [7, 11) is 0. The van der Waals surface area contributed by atoms with Crippen LogP contribution in [0.5, 0.6) is 0 Å². The average Bonchev–Trinajstić information content (AvgIpc) is 2.58. The lowest BCUT2D eigenvalue weighted by Crippen LogP contribution is -2.34. The highest BCUT2D eigenvalue weighted by Crippen LogP contribution is 2.18. The lowest BCUT2D eigenvalue weighted by atomic mass is 9.97. The van der Waals surface area contributed by atoms with Crippen LogP contribution in [0.4, 0.5) is 17.2 Å². The van der Waals surface area contributed by atoms with Crippen LogP contribution in [0.15, 0.2) is 48.7 Å². The van der Waals surface area contributed by atoms with Crippen LogP contribution >= 0.6 is 0 Å². The topological polar surface area (TPSA) is 66.0 Å². The third-order valence-corrected chi connectivity index (χ3v) is 3.79. The number of pyridine rings is 1. The van der Waals surface area contributed by atoms with E-state index < -0.39 is 0 Å². The smallest absolute Gasteiger partial charge is 0.227 e. The molecule has 0 spiro atoms. The molecule has 1 saturated heterocycles. The fourth-order valence-electron chi connectivity index (χ4n) is 2.54. The van der Waals surface area contributed by atoms with Crippen LogP contribution < -0.4 is 16.0 Å². The van der Waals surface area contributed by atoms with E-state index in [4.69, 9.17) is 0 Å². The summed E-state index contributed by atoms with van der Waals surface area (Å²) in [6.45, 7) is 1.83. The summed E-state index contributed by atoms with van der Waals surface area (Å²) < 4.78 is 0. The summed E-state index contributed by atoms with van der Waals surface area (Å²) in [5.74, 6) is 0.946. The Labute approximate surface area is 130 Å². The minimum Gasteiger partial charge on any atom is -0.340 e. The molecule has 1 fully saturated rings.